The molecule has 2 heteroatoms. The third-order valence-corrected chi connectivity index (χ3v) is 3.61. The van der Waals surface area contributed by atoms with Crippen LogP contribution in [0.15, 0.2) is 0 Å². The number of hydrogen-bond acceptors (Lipinski definition) is 2. The van der Waals surface area contributed by atoms with Crippen LogP contribution in [0, 0.1) is 11.3 Å². The smallest absolute Gasteiger partial charge is 0.00133 e. The molecule has 70 valence electrons. The summed E-state index contributed by atoms with van der Waals surface area (Å²) in [7, 11) is 0. The van der Waals surface area contributed by atoms with Crippen molar-refractivity contribution in [2.45, 2.75) is 38.6 Å². The predicted octanol–water partition coefficient (Wildman–Crippen LogP) is 1.11. The Bertz CT molecular complexity index is 159. The Labute approximate surface area is 74.9 Å². The first kappa shape index (κ1) is 8.52. The molecule has 1 heterocycles. The normalized spacial score (nSPS) is 35.0. The molecule has 1 aliphatic heterocycles. The fraction of sp³-hybridized carbons (Fsp3) is 1.00. The van der Waals surface area contributed by atoms with Gasteiger partial charge >= 0.3 is 0 Å². The quantitative estimate of drug-likeness (QED) is 0.648. The van der Waals surface area contributed by atoms with E-state index in [1.54, 1.807) is 0 Å². The van der Waals surface area contributed by atoms with Gasteiger partial charge in [0.05, 0.1) is 0 Å². The molecule has 0 aromatic heterocycles. The molecule has 1 saturated carbocycles. The third kappa shape index (κ3) is 1.50. The van der Waals surface area contributed by atoms with E-state index in [4.69, 9.17) is 5.73 Å². The standard InChI is InChI=1S/C10H20N2/c1-8(11)6-9-7-10(9)2-4-12-5-3-10/h8-9,12H,2-7,11H2,1H3. The van der Waals surface area contributed by atoms with Crippen molar-refractivity contribution in [3.63, 3.8) is 0 Å². The van der Waals surface area contributed by atoms with Gasteiger partial charge in [-0.25, -0.2) is 0 Å². The van der Waals surface area contributed by atoms with Gasteiger partial charge in [-0.05, 0) is 57.0 Å². The Kier molecular flexibility index (Phi) is 2.13. The Balaban J connectivity index is 1.83. The zero-order chi connectivity index (χ0) is 8.60. The molecule has 0 radical (unpaired) electrons. The fourth-order valence-corrected chi connectivity index (χ4v) is 2.75. The topological polar surface area (TPSA) is 38.0 Å². The minimum Gasteiger partial charge on any atom is -0.328 e. The number of nitrogens with one attached hydrogen (secondary N) is 1. The van der Waals surface area contributed by atoms with Crippen LogP contribution < -0.4 is 11.1 Å². The van der Waals surface area contributed by atoms with Crippen molar-refractivity contribution in [3.8, 4) is 0 Å². The summed E-state index contributed by atoms with van der Waals surface area (Å²) in [6, 6.07) is 0.407. The first-order valence-electron chi connectivity index (χ1n) is 5.19. The molecule has 2 nitrogen and oxygen atoms in total. The van der Waals surface area contributed by atoms with Crippen LogP contribution >= 0.6 is 0 Å². The first-order chi connectivity index (χ1) is 5.73. The van der Waals surface area contributed by atoms with Crippen LogP contribution in [0.2, 0.25) is 0 Å². The Morgan fingerprint density at radius 1 is 1.50 bits per heavy atom. The van der Waals surface area contributed by atoms with Crippen molar-refractivity contribution in [2.75, 3.05) is 13.1 Å². The summed E-state index contributed by atoms with van der Waals surface area (Å²) in [5, 5.41) is 3.42. The SMILES string of the molecule is CC(N)CC1CC12CCNCC2. The van der Waals surface area contributed by atoms with Crippen LogP contribution in [0.1, 0.15) is 32.6 Å². The van der Waals surface area contributed by atoms with E-state index in [0.29, 0.717) is 6.04 Å². The number of piperidine rings is 1. The second-order valence-electron chi connectivity index (χ2n) is 4.73. The van der Waals surface area contributed by atoms with Crippen molar-refractivity contribution >= 4 is 0 Å². The molecule has 2 atom stereocenters. The lowest BCUT2D eigenvalue weighted by Crippen LogP contribution is -2.30. The van der Waals surface area contributed by atoms with Gasteiger partial charge in [0.25, 0.3) is 0 Å². The van der Waals surface area contributed by atoms with Gasteiger partial charge in [0.15, 0.2) is 0 Å². The van der Waals surface area contributed by atoms with E-state index >= 15 is 0 Å². The van der Waals surface area contributed by atoms with E-state index in [2.05, 4.69) is 12.2 Å². The highest BCUT2D eigenvalue weighted by molar-refractivity contribution is 5.04. The fourth-order valence-electron chi connectivity index (χ4n) is 2.75. The minimum absolute atomic E-state index is 0.407. The maximum Gasteiger partial charge on any atom is 0.00133 e. The van der Waals surface area contributed by atoms with Crippen LogP contribution in [0.25, 0.3) is 0 Å². The Morgan fingerprint density at radius 3 is 2.75 bits per heavy atom. The minimum atomic E-state index is 0.407. The summed E-state index contributed by atoms with van der Waals surface area (Å²) in [5.41, 5.74) is 6.54. The molecule has 0 aromatic carbocycles. The van der Waals surface area contributed by atoms with Gasteiger partial charge in [-0.2, -0.15) is 0 Å². The Morgan fingerprint density at radius 2 is 2.17 bits per heavy atom. The van der Waals surface area contributed by atoms with Gasteiger partial charge in [-0.1, -0.05) is 0 Å². The zero-order valence-corrected chi connectivity index (χ0v) is 7.97. The molecule has 1 spiro atoms. The molecule has 1 aliphatic carbocycles. The van der Waals surface area contributed by atoms with E-state index in [9.17, 15) is 0 Å². The van der Waals surface area contributed by atoms with Crippen molar-refractivity contribution in [1.29, 1.82) is 0 Å². The van der Waals surface area contributed by atoms with E-state index in [1.807, 2.05) is 0 Å². The Hall–Kier alpha value is -0.0800. The molecule has 2 rings (SSSR count). The maximum absolute atomic E-state index is 5.81. The van der Waals surface area contributed by atoms with Gasteiger partial charge in [0.1, 0.15) is 0 Å². The molecule has 2 unspecified atom stereocenters. The molecular formula is C10H20N2. The largest absolute Gasteiger partial charge is 0.328 e. The summed E-state index contributed by atoms with van der Waals surface area (Å²) >= 11 is 0. The number of nitrogens with two attached hydrogens (primary N) is 1. The third-order valence-electron chi connectivity index (χ3n) is 3.61. The van der Waals surface area contributed by atoms with Crippen molar-refractivity contribution in [1.82, 2.24) is 5.32 Å². The van der Waals surface area contributed by atoms with Gasteiger partial charge in [-0.3, -0.25) is 0 Å². The lowest BCUT2D eigenvalue weighted by Gasteiger charge is -2.23. The second-order valence-corrected chi connectivity index (χ2v) is 4.73. The molecule has 2 fully saturated rings. The molecular weight excluding hydrogens is 148 g/mol. The van der Waals surface area contributed by atoms with Crippen molar-refractivity contribution in [3.05, 3.63) is 0 Å². The van der Waals surface area contributed by atoms with Crippen LogP contribution in [0.5, 0.6) is 0 Å². The highest BCUT2D eigenvalue weighted by atomic mass is 14.9. The average Bonchev–Trinajstić information content (AvgIpc) is 2.63. The van der Waals surface area contributed by atoms with Crippen LogP contribution in [0.3, 0.4) is 0 Å². The molecule has 0 bridgehead atoms. The number of rotatable bonds is 2. The summed E-state index contributed by atoms with van der Waals surface area (Å²) < 4.78 is 0. The molecule has 3 N–H and O–H groups in total. The van der Waals surface area contributed by atoms with Crippen LogP contribution in [-0.2, 0) is 0 Å². The molecule has 12 heavy (non-hydrogen) atoms. The lowest BCUT2D eigenvalue weighted by atomic mass is 9.90. The summed E-state index contributed by atoms with van der Waals surface area (Å²) in [6.07, 6.45) is 5.49. The van der Waals surface area contributed by atoms with Crippen molar-refractivity contribution in [2.24, 2.45) is 17.1 Å². The monoisotopic (exact) mass is 168 g/mol. The van der Waals surface area contributed by atoms with Gasteiger partial charge < -0.3 is 11.1 Å². The molecule has 0 aromatic rings. The van der Waals surface area contributed by atoms with Crippen LogP contribution in [-0.4, -0.2) is 19.1 Å². The van der Waals surface area contributed by atoms with Gasteiger partial charge in [0, 0.05) is 6.04 Å². The molecule has 0 amide bonds. The summed E-state index contributed by atoms with van der Waals surface area (Å²) in [5.74, 6) is 0.958. The van der Waals surface area contributed by atoms with E-state index < -0.39 is 0 Å². The van der Waals surface area contributed by atoms with E-state index in [0.717, 1.165) is 11.3 Å². The lowest BCUT2D eigenvalue weighted by molar-refractivity contribution is 0.313. The number of hydrogen-bond donors (Lipinski definition) is 2. The van der Waals surface area contributed by atoms with E-state index in [1.165, 1.54) is 38.8 Å². The highest BCUT2D eigenvalue weighted by Gasteiger charge is 2.53. The second kappa shape index (κ2) is 3.00. The molecule has 2 aliphatic rings. The van der Waals surface area contributed by atoms with Crippen molar-refractivity contribution < 1.29 is 0 Å². The first-order valence-corrected chi connectivity index (χ1v) is 5.19. The highest BCUT2D eigenvalue weighted by Crippen LogP contribution is 2.60. The average molecular weight is 168 g/mol. The van der Waals surface area contributed by atoms with Gasteiger partial charge in [0.2, 0.25) is 0 Å². The van der Waals surface area contributed by atoms with Gasteiger partial charge in [-0.15, -0.1) is 0 Å². The summed E-state index contributed by atoms with van der Waals surface area (Å²) in [4.78, 5) is 0. The summed E-state index contributed by atoms with van der Waals surface area (Å²) in [6.45, 7) is 4.60. The zero-order valence-electron chi connectivity index (χ0n) is 7.97. The predicted molar refractivity (Wildman–Crippen MR) is 50.9 cm³/mol. The van der Waals surface area contributed by atoms with E-state index in [-0.39, 0.29) is 0 Å². The van der Waals surface area contributed by atoms with Crippen LogP contribution in [0.4, 0.5) is 0 Å². The maximum atomic E-state index is 5.81. The molecule has 1 saturated heterocycles.